The SMILES string of the molecule is C=CCn1c(-c2ccc(C#N)cc2)nnc1N1CC2C(C1)C2(C)C. The van der Waals surface area contributed by atoms with Gasteiger partial charge in [-0.15, -0.1) is 16.8 Å². The van der Waals surface area contributed by atoms with E-state index in [2.05, 4.69) is 46.2 Å². The van der Waals surface area contributed by atoms with E-state index in [1.54, 1.807) is 0 Å². The third-order valence-corrected chi connectivity index (χ3v) is 5.72. The van der Waals surface area contributed by atoms with Crippen molar-refractivity contribution in [3.63, 3.8) is 0 Å². The molecule has 0 N–H and O–H groups in total. The molecule has 24 heavy (non-hydrogen) atoms. The van der Waals surface area contributed by atoms with Crippen molar-refractivity contribution in [1.29, 1.82) is 5.26 Å². The van der Waals surface area contributed by atoms with Gasteiger partial charge in [-0.3, -0.25) is 4.57 Å². The fourth-order valence-corrected chi connectivity index (χ4v) is 4.03. The Bertz CT molecular complexity index is 810. The van der Waals surface area contributed by atoms with Crippen LogP contribution in [0.5, 0.6) is 0 Å². The molecule has 0 spiro atoms. The van der Waals surface area contributed by atoms with Gasteiger partial charge >= 0.3 is 0 Å². The number of fused-ring (bicyclic) bond motifs is 1. The molecule has 1 aromatic heterocycles. The summed E-state index contributed by atoms with van der Waals surface area (Å²) in [5, 5.41) is 17.8. The highest BCUT2D eigenvalue weighted by Crippen LogP contribution is 2.62. The molecule has 2 heterocycles. The Kier molecular flexibility index (Phi) is 3.24. The summed E-state index contributed by atoms with van der Waals surface area (Å²) in [4.78, 5) is 2.35. The summed E-state index contributed by atoms with van der Waals surface area (Å²) in [7, 11) is 0. The first kappa shape index (κ1) is 14.9. The molecule has 1 saturated heterocycles. The summed E-state index contributed by atoms with van der Waals surface area (Å²) >= 11 is 0. The molecule has 5 nitrogen and oxygen atoms in total. The van der Waals surface area contributed by atoms with Gasteiger partial charge in [-0.2, -0.15) is 5.26 Å². The summed E-state index contributed by atoms with van der Waals surface area (Å²) in [6, 6.07) is 9.63. The van der Waals surface area contributed by atoms with Gasteiger partial charge < -0.3 is 4.90 Å². The molecular formula is C19H21N5. The highest BCUT2D eigenvalue weighted by molar-refractivity contribution is 5.59. The number of nitrogens with zero attached hydrogens (tertiary/aromatic N) is 5. The van der Waals surface area contributed by atoms with Gasteiger partial charge in [0.15, 0.2) is 5.82 Å². The van der Waals surface area contributed by atoms with Gasteiger partial charge in [0.25, 0.3) is 0 Å². The Hall–Kier alpha value is -2.61. The van der Waals surface area contributed by atoms with Crippen LogP contribution in [-0.2, 0) is 6.54 Å². The van der Waals surface area contributed by atoms with Gasteiger partial charge in [0.05, 0.1) is 11.6 Å². The molecule has 0 bridgehead atoms. The van der Waals surface area contributed by atoms with E-state index in [0.29, 0.717) is 17.5 Å². The minimum absolute atomic E-state index is 0.482. The summed E-state index contributed by atoms with van der Waals surface area (Å²) in [6.45, 7) is 11.4. The highest BCUT2D eigenvalue weighted by atomic mass is 15.4. The quantitative estimate of drug-likeness (QED) is 0.813. The van der Waals surface area contributed by atoms with Crippen LogP contribution in [0.2, 0.25) is 0 Å². The largest absolute Gasteiger partial charge is 0.340 e. The zero-order valence-electron chi connectivity index (χ0n) is 14.1. The maximum absolute atomic E-state index is 8.95. The van der Waals surface area contributed by atoms with Gasteiger partial charge in [0.2, 0.25) is 5.95 Å². The maximum atomic E-state index is 8.95. The monoisotopic (exact) mass is 319 g/mol. The first-order valence-corrected chi connectivity index (χ1v) is 8.36. The van der Waals surface area contributed by atoms with Crippen molar-refractivity contribution in [2.75, 3.05) is 18.0 Å². The van der Waals surface area contributed by atoms with Crippen LogP contribution in [0, 0.1) is 28.6 Å². The Morgan fingerprint density at radius 3 is 2.50 bits per heavy atom. The standard InChI is InChI=1S/C19H21N5/c1-4-9-24-17(14-7-5-13(10-20)6-8-14)21-22-18(24)23-11-15-16(12-23)19(15,2)3/h4-8,15-16H,1,9,11-12H2,2-3H3. The molecule has 0 radical (unpaired) electrons. The van der Waals surface area contributed by atoms with Crippen LogP contribution in [0.25, 0.3) is 11.4 Å². The van der Waals surface area contributed by atoms with E-state index in [1.807, 2.05) is 30.3 Å². The van der Waals surface area contributed by atoms with E-state index in [9.17, 15) is 0 Å². The Morgan fingerprint density at radius 1 is 1.25 bits per heavy atom. The average Bonchev–Trinajstić information content (AvgIpc) is 3.01. The molecule has 2 unspecified atom stereocenters. The first-order chi connectivity index (χ1) is 11.6. The lowest BCUT2D eigenvalue weighted by Gasteiger charge is -2.23. The maximum Gasteiger partial charge on any atom is 0.227 e. The lowest BCUT2D eigenvalue weighted by molar-refractivity contribution is 0.494. The van der Waals surface area contributed by atoms with Crippen molar-refractivity contribution in [3.8, 4) is 17.5 Å². The molecule has 2 aliphatic rings. The van der Waals surface area contributed by atoms with Crippen LogP contribution in [0.1, 0.15) is 19.4 Å². The fourth-order valence-electron chi connectivity index (χ4n) is 4.03. The summed E-state index contributed by atoms with van der Waals surface area (Å²) in [6.07, 6.45) is 1.88. The molecular weight excluding hydrogens is 298 g/mol. The average molecular weight is 319 g/mol. The van der Waals surface area contributed by atoms with Crippen molar-refractivity contribution >= 4 is 5.95 Å². The number of nitriles is 1. The number of aromatic nitrogens is 3. The third kappa shape index (κ3) is 2.14. The zero-order valence-corrected chi connectivity index (χ0v) is 14.1. The van der Waals surface area contributed by atoms with Crippen LogP contribution in [0.15, 0.2) is 36.9 Å². The van der Waals surface area contributed by atoms with Crippen LogP contribution in [0.3, 0.4) is 0 Å². The minimum atomic E-state index is 0.482. The topological polar surface area (TPSA) is 57.7 Å². The van der Waals surface area contributed by atoms with Gasteiger partial charge in [-0.05, 0) is 41.5 Å². The molecule has 1 aromatic carbocycles. The second-order valence-corrected chi connectivity index (χ2v) is 7.35. The number of hydrogen-bond donors (Lipinski definition) is 0. The van der Waals surface area contributed by atoms with Gasteiger partial charge in [-0.25, -0.2) is 0 Å². The highest BCUT2D eigenvalue weighted by Gasteiger charge is 2.62. The fraction of sp³-hybridized carbons (Fsp3) is 0.421. The molecule has 5 heteroatoms. The normalized spacial score (nSPS) is 23.6. The van der Waals surface area contributed by atoms with Crippen LogP contribution in [0.4, 0.5) is 5.95 Å². The van der Waals surface area contributed by atoms with Gasteiger partial charge in [0.1, 0.15) is 0 Å². The summed E-state index contributed by atoms with van der Waals surface area (Å²) in [5.74, 6) is 3.29. The second-order valence-electron chi connectivity index (χ2n) is 7.35. The van der Waals surface area contributed by atoms with Gasteiger partial charge in [0, 0.05) is 25.2 Å². The second kappa shape index (κ2) is 5.20. The van der Waals surface area contributed by atoms with Crippen LogP contribution >= 0.6 is 0 Å². The minimum Gasteiger partial charge on any atom is -0.340 e. The predicted octanol–water partition coefficient (Wildman–Crippen LogP) is 3.09. The molecule has 2 aromatic rings. The molecule has 122 valence electrons. The predicted molar refractivity (Wildman–Crippen MR) is 93.3 cm³/mol. The van der Waals surface area contributed by atoms with Crippen molar-refractivity contribution < 1.29 is 0 Å². The smallest absolute Gasteiger partial charge is 0.227 e. The molecule has 1 aliphatic carbocycles. The molecule has 2 atom stereocenters. The molecule has 0 amide bonds. The Morgan fingerprint density at radius 2 is 1.92 bits per heavy atom. The number of rotatable bonds is 4. The number of piperidine rings is 1. The third-order valence-electron chi connectivity index (χ3n) is 5.72. The summed E-state index contributed by atoms with van der Waals surface area (Å²) in [5.41, 5.74) is 2.10. The molecule has 4 rings (SSSR count). The van der Waals surface area contributed by atoms with E-state index in [4.69, 9.17) is 5.26 Å². The van der Waals surface area contributed by atoms with Gasteiger partial charge in [-0.1, -0.05) is 19.9 Å². The van der Waals surface area contributed by atoms with E-state index in [-0.39, 0.29) is 0 Å². The number of hydrogen-bond acceptors (Lipinski definition) is 4. The number of benzene rings is 1. The Balaban J connectivity index is 1.66. The zero-order chi connectivity index (χ0) is 16.9. The van der Waals surface area contributed by atoms with Crippen molar-refractivity contribution in [2.45, 2.75) is 20.4 Å². The van der Waals surface area contributed by atoms with E-state index < -0.39 is 0 Å². The van der Waals surface area contributed by atoms with E-state index >= 15 is 0 Å². The molecule has 1 aliphatic heterocycles. The van der Waals surface area contributed by atoms with E-state index in [1.165, 1.54) is 0 Å². The number of anilines is 1. The first-order valence-electron chi connectivity index (χ1n) is 8.36. The number of allylic oxidation sites excluding steroid dienone is 1. The van der Waals surface area contributed by atoms with Crippen molar-refractivity contribution in [1.82, 2.24) is 14.8 Å². The molecule has 2 fully saturated rings. The van der Waals surface area contributed by atoms with Crippen molar-refractivity contribution in [3.05, 3.63) is 42.5 Å². The lowest BCUT2D eigenvalue weighted by atomic mass is 10.1. The lowest BCUT2D eigenvalue weighted by Crippen LogP contribution is -2.29. The Labute approximate surface area is 142 Å². The van der Waals surface area contributed by atoms with E-state index in [0.717, 1.165) is 42.3 Å². The van der Waals surface area contributed by atoms with Crippen LogP contribution in [-0.4, -0.2) is 27.9 Å². The van der Waals surface area contributed by atoms with Crippen LogP contribution < -0.4 is 4.90 Å². The summed E-state index contributed by atoms with van der Waals surface area (Å²) < 4.78 is 2.12. The molecule has 1 saturated carbocycles. The van der Waals surface area contributed by atoms with Crippen molar-refractivity contribution in [2.24, 2.45) is 17.3 Å².